The van der Waals surface area contributed by atoms with Crippen LogP contribution in [-0.2, 0) is 6.54 Å². The molecule has 2 nitrogen and oxygen atoms in total. The summed E-state index contributed by atoms with van der Waals surface area (Å²) < 4.78 is 0. The molecule has 1 atom stereocenters. The lowest BCUT2D eigenvalue weighted by atomic mass is 10.0. The molecule has 1 aromatic rings. The van der Waals surface area contributed by atoms with Crippen molar-refractivity contribution in [2.45, 2.75) is 52.1 Å². The Bertz CT molecular complexity index is 305. The normalized spacial score (nSPS) is 13.0. The first-order valence-electron chi connectivity index (χ1n) is 6.56. The Morgan fingerprint density at radius 2 is 1.76 bits per heavy atom. The zero-order chi connectivity index (χ0) is 12.7. The van der Waals surface area contributed by atoms with Crippen LogP contribution in [0.3, 0.4) is 0 Å². The van der Waals surface area contributed by atoms with Crippen LogP contribution in [0.4, 0.5) is 0 Å². The smallest absolute Gasteiger partial charge is 0.0431 e. The Balaban J connectivity index is 2.36. The Labute approximate surface area is 105 Å². The Morgan fingerprint density at radius 3 is 2.29 bits per heavy atom. The van der Waals surface area contributed by atoms with Gasteiger partial charge in [-0.15, -0.1) is 0 Å². The number of hydrogen-bond donors (Lipinski definition) is 2. The molecule has 0 fully saturated rings. The molecule has 2 N–H and O–H groups in total. The molecule has 0 aliphatic carbocycles. The summed E-state index contributed by atoms with van der Waals surface area (Å²) in [6.45, 7) is 7.78. The van der Waals surface area contributed by atoms with E-state index in [0.29, 0.717) is 12.0 Å². The van der Waals surface area contributed by atoms with Gasteiger partial charge < -0.3 is 10.4 Å². The van der Waals surface area contributed by atoms with Crippen LogP contribution >= 0.6 is 0 Å². The third-order valence-corrected chi connectivity index (χ3v) is 3.10. The number of nitrogens with one attached hydrogen (secondary N) is 1. The van der Waals surface area contributed by atoms with Crippen molar-refractivity contribution in [1.82, 2.24) is 5.32 Å². The van der Waals surface area contributed by atoms with Gasteiger partial charge in [-0.25, -0.2) is 0 Å². The SMILES string of the molecule is CC(CCCO)NCc1ccc(C(C)C)cc1. The molecule has 0 saturated heterocycles. The average molecular weight is 235 g/mol. The molecule has 0 aromatic heterocycles. The molecule has 96 valence electrons. The van der Waals surface area contributed by atoms with Crippen LogP contribution in [0.2, 0.25) is 0 Å². The highest BCUT2D eigenvalue weighted by atomic mass is 16.2. The van der Waals surface area contributed by atoms with Gasteiger partial charge >= 0.3 is 0 Å². The van der Waals surface area contributed by atoms with E-state index >= 15 is 0 Å². The van der Waals surface area contributed by atoms with Gasteiger partial charge in [0.25, 0.3) is 0 Å². The maximum absolute atomic E-state index is 8.76. The topological polar surface area (TPSA) is 32.3 Å². The van der Waals surface area contributed by atoms with E-state index in [1.165, 1.54) is 11.1 Å². The highest BCUT2D eigenvalue weighted by Crippen LogP contribution is 2.14. The van der Waals surface area contributed by atoms with E-state index in [-0.39, 0.29) is 6.61 Å². The summed E-state index contributed by atoms with van der Waals surface area (Å²) in [6.07, 6.45) is 1.90. The van der Waals surface area contributed by atoms with Gasteiger partial charge in [0.1, 0.15) is 0 Å². The molecule has 1 unspecified atom stereocenters. The first-order chi connectivity index (χ1) is 8.13. The van der Waals surface area contributed by atoms with Crippen molar-refractivity contribution in [3.63, 3.8) is 0 Å². The van der Waals surface area contributed by atoms with Gasteiger partial charge in [0.05, 0.1) is 0 Å². The molecule has 0 bridgehead atoms. The highest BCUT2D eigenvalue weighted by Gasteiger charge is 2.02. The first-order valence-corrected chi connectivity index (χ1v) is 6.56. The van der Waals surface area contributed by atoms with Crippen molar-refractivity contribution in [2.75, 3.05) is 6.61 Å². The summed E-state index contributed by atoms with van der Waals surface area (Å²) in [5.74, 6) is 0.598. The molecule has 1 rings (SSSR count). The van der Waals surface area contributed by atoms with E-state index in [1.54, 1.807) is 0 Å². The summed E-state index contributed by atoms with van der Waals surface area (Å²) in [6, 6.07) is 9.27. The largest absolute Gasteiger partial charge is 0.396 e. The third kappa shape index (κ3) is 5.33. The van der Waals surface area contributed by atoms with Crippen molar-refractivity contribution in [3.8, 4) is 0 Å². The number of aliphatic hydroxyl groups is 1. The summed E-state index contributed by atoms with van der Waals surface area (Å²) >= 11 is 0. The maximum Gasteiger partial charge on any atom is 0.0431 e. The van der Waals surface area contributed by atoms with Gasteiger partial charge in [-0.1, -0.05) is 38.1 Å². The molecule has 0 saturated carbocycles. The monoisotopic (exact) mass is 235 g/mol. The molecule has 17 heavy (non-hydrogen) atoms. The predicted octanol–water partition coefficient (Wildman–Crippen LogP) is 3.06. The molecule has 0 aliphatic heterocycles. The van der Waals surface area contributed by atoms with Gasteiger partial charge in [0.2, 0.25) is 0 Å². The van der Waals surface area contributed by atoms with Crippen LogP contribution in [0.1, 0.15) is 50.7 Å². The van der Waals surface area contributed by atoms with Crippen LogP contribution in [0.5, 0.6) is 0 Å². The van der Waals surface area contributed by atoms with Crippen molar-refractivity contribution < 1.29 is 5.11 Å². The van der Waals surface area contributed by atoms with Crippen molar-refractivity contribution in [2.24, 2.45) is 0 Å². The minimum Gasteiger partial charge on any atom is -0.396 e. The van der Waals surface area contributed by atoms with Crippen LogP contribution in [0.15, 0.2) is 24.3 Å². The van der Waals surface area contributed by atoms with E-state index in [0.717, 1.165) is 19.4 Å². The lowest BCUT2D eigenvalue weighted by Gasteiger charge is -2.13. The molecular formula is C15H25NO. The lowest BCUT2D eigenvalue weighted by molar-refractivity contribution is 0.276. The fourth-order valence-electron chi connectivity index (χ4n) is 1.81. The quantitative estimate of drug-likeness (QED) is 0.761. The fourth-order valence-corrected chi connectivity index (χ4v) is 1.81. The standard InChI is InChI=1S/C15H25NO/c1-12(2)15-8-6-14(7-9-15)11-16-13(3)5-4-10-17/h6-9,12-13,16-17H,4-5,10-11H2,1-3H3. The van der Waals surface area contributed by atoms with E-state index in [1.807, 2.05) is 0 Å². The third-order valence-electron chi connectivity index (χ3n) is 3.10. The first kappa shape index (κ1) is 14.2. The molecule has 0 heterocycles. The summed E-state index contributed by atoms with van der Waals surface area (Å²) in [5, 5.41) is 12.2. The minimum absolute atomic E-state index is 0.287. The lowest BCUT2D eigenvalue weighted by Crippen LogP contribution is -2.25. The molecule has 0 amide bonds. The molecule has 2 heteroatoms. The predicted molar refractivity (Wildman–Crippen MR) is 73.2 cm³/mol. The van der Waals surface area contributed by atoms with Crippen molar-refractivity contribution in [3.05, 3.63) is 35.4 Å². The maximum atomic E-state index is 8.76. The number of rotatable bonds is 7. The van der Waals surface area contributed by atoms with Gasteiger partial charge in [0, 0.05) is 19.2 Å². The Hall–Kier alpha value is -0.860. The van der Waals surface area contributed by atoms with E-state index in [9.17, 15) is 0 Å². The van der Waals surface area contributed by atoms with Gasteiger partial charge in [0.15, 0.2) is 0 Å². The number of benzene rings is 1. The molecule has 0 aliphatic rings. The van der Waals surface area contributed by atoms with E-state index in [4.69, 9.17) is 5.11 Å². The highest BCUT2D eigenvalue weighted by molar-refractivity contribution is 5.24. The summed E-state index contributed by atoms with van der Waals surface area (Å²) in [7, 11) is 0. The molecule has 0 radical (unpaired) electrons. The zero-order valence-electron chi connectivity index (χ0n) is 11.2. The second kappa shape index (κ2) is 7.46. The molecule has 0 spiro atoms. The average Bonchev–Trinajstić information content (AvgIpc) is 2.34. The van der Waals surface area contributed by atoms with Crippen molar-refractivity contribution >= 4 is 0 Å². The van der Waals surface area contributed by atoms with Gasteiger partial charge in [-0.2, -0.15) is 0 Å². The van der Waals surface area contributed by atoms with Crippen molar-refractivity contribution in [1.29, 1.82) is 0 Å². The fraction of sp³-hybridized carbons (Fsp3) is 0.600. The van der Waals surface area contributed by atoms with Crippen LogP contribution in [0, 0.1) is 0 Å². The van der Waals surface area contributed by atoms with Gasteiger partial charge in [-0.3, -0.25) is 0 Å². The molecular weight excluding hydrogens is 210 g/mol. The second-order valence-corrected chi connectivity index (χ2v) is 5.04. The van der Waals surface area contributed by atoms with E-state index < -0.39 is 0 Å². The minimum atomic E-state index is 0.287. The van der Waals surface area contributed by atoms with E-state index in [2.05, 4.69) is 50.4 Å². The zero-order valence-corrected chi connectivity index (χ0v) is 11.2. The molecule has 1 aromatic carbocycles. The summed E-state index contributed by atoms with van der Waals surface area (Å²) in [4.78, 5) is 0. The Morgan fingerprint density at radius 1 is 1.12 bits per heavy atom. The summed E-state index contributed by atoms with van der Waals surface area (Å²) in [5.41, 5.74) is 2.72. The second-order valence-electron chi connectivity index (χ2n) is 5.04. The number of hydrogen-bond acceptors (Lipinski definition) is 2. The van der Waals surface area contributed by atoms with Crippen LogP contribution in [-0.4, -0.2) is 17.8 Å². The number of aliphatic hydroxyl groups excluding tert-OH is 1. The van der Waals surface area contributed by atoms with Crippen LogP contribution < -0.4 is 5.32 Å². The van der Waals surface area contributed by atoms with Crippen LogP contribution in [0.25, 0.3) is 0 Å². The van der Waals surface area contributed by atoms with Gasteiger partial charge in [-0.05, 0) is 36.8 Å². The Kier molecular flexibility index (Phi) is 6.23.